The Bertz CT molecular complexity index is 326. The van der Waals surface area contributed by atoms with Crippen molar-refractivity contribution in [2.45, 2.75) is 57.7 Å². The van der Waals surface area contributed by atoms with Crippen LogP contribution >= 0.6 is 0 Å². The molecule has 2 fully saturated rings. The highest BCUT2D eigenvalue weighted by molar-refractivity contribution is 6.00. The number of carbonyl (C=O) groups excluding carboxylic acids is 2. The summed E-state index contributed by atoms with van der Waals surface area (Å²) in [5.41, 5.74) is 0. The van der Waals surface area contributed by atoms with Crippen LogP contribution in [0.15, 0.2) is 0 Å². The number of hydrogen-bond donors (Lipinski definition) is 0. The first-order chi connectivity index (χ1) is 8.67. The molecule has 0 aromatic carbocycles. The van der Waals surface area contributed by atoms with Gasteiger partial charge in [-0.3, -0.25) is 9.59 Å². The summed E-state index contributed by atoms with van der Waals surface area (Å²) in [4.78, 5) is 24.2. The summed E-state index contributed by atoms with van der Waals surface area (Å²) in [5.74, 6) is -0.994. The van der Waals surface area contributed by atoms with Gasteiger partial charge in [0.15, 0.2) is 5.78 Å². The lowest BCUT2D eigenvalue weighted by Crippen LogP contribution is -2.35. The van der Waals surface area contributed by atoms with Crippen LogP contribution < -0.4 is 0 Å². The van der Waals surface area contributed by atoms with Gasteiger partial charge in [0.25, 0.3) is 0 Å². The minimum absolute atomic E-state index is 0.0440. The Labute approximate surface area is 108 Å². The quantitative estimate of drug-likeness (QED) is 0.538. The number of carbonyl (C=O) groups is 2. The van der Waals surface area contributed by atoms with Gasteiger partial charge in [0.1, 0.15) is 5.92 Å². The fraction of sp³-hybridized carbons (Fsp3) is 0.857. The van der Waals surface area contributed by atoms with E-state index >= 15 is 0 Å². The molecule has 0 aromatic heterocycles. The standard InChI is InChI=1S/C14H22O4/c1-3-4-5-10(14(16)17-2)13(15)11-8-9-6-7-12(11)18-9/h9-12H,3-8H2,1-2H3. The lowest BCUT2D eigenvalue weighted by Gasteiger charge is -2.22. The number of fused-ring (bicyclic) bond motifs is 2. The van der Waals surface area contributed by atoms with Gasteiger partial charge in [-0.2, -0.15) is 0 Å². The van der Waals surface area contributed by atoms with E-state index in [1.54, 1.807) is 0 Å². The Morgan fingerprint density at radius 1 is 1.39 bits per heavy atom. The molecule has 4 nitrogen and oxygen atoms in total. The van der Waals surface area contributed by atoms with Crippen molar-refractivity contribution in [1.29, 1.82) is 0 Å². The molecule has 4 heteroatoms. The zero-order valence-corrected chi connectivity index (χ0v) is 11.2. The van der Waals surface area contributed by atoms with Gasteiger partial charge in [0.05, 0.1) is 19.3 Å². The van der Waals surface area contributed by atoms with Crippen molar-refractivity contribution in [2.24, 2.45) is 11.8 Å². The zero-order valence-electron chi connectivity index (χ0n) is 11.2. The highest BCUT2D eigenvalue weighted by Gasteiger charge is 2.47. The second kappa shape index (κ2) is 5.83. The van der Waals surface area contributed by atoms with E-state index in [1.807, 2.05) is 0 Å². The molecule has 2 heterocycles. The summed E-state index contributed by atoms with van der Waals surface area (Å²) in [6.45, 7) is 2.06. The molecule has 2 bridgehead atoms. The van der Waals surface area contributed by atoms with Crippen LogP contribution in [-0.2, 0) is 19.1 Å². The molecule has 0 amide bonds. The van der Waals surface area contributed by atoms with Crippen LogP contribution in [0.3, 0.4) is 0 Å². The summed E-state index contributed by atoms with van der Waals surface area (Å²) in [5, 5.41) is 0. The third kappa shape index (κ3) is 2.58. The minimum atomic E-state index is -0.581. The van der Waals surface area contributed by atoms with Gasteiger partial charge in [-0.1, -0.05) is 19.8 Å². The van der Waals surface area contributed by atoms with E-state index in [-0.39, 0.29) is 29.9 Å². The number of rotatable bonds is 6. The predicted octanol–water partition coefficient (Wildman–Crippen LogP) is 2.10. The summed E-state index contributed by atoms with van der Waals surface area (Å²) in [6, 6.07) is 0. The summed E-state index contributed by atoms with van der Waals surface area (Å²) >= 11 is 0. The molecule has 2 aliphatic heterocycles. The molecule has 0 spiro atoms. The molecule has 0 N–H and O–H groups in total. The molecular weight excluding hydrogens is 232 g/mol. The molecule has 0 radical (unpaired) electrons. The normalized spacial score (nSPS) is 31.3. The summed E-state index contributed by atoms with van der Waals surface area (Å²) in [6.07, 6.45) is 5.58. The van der Waals surface area contributed by atoms with E-state index in [2.05, 4.69) is 6.92 Å². The average Bonchev–Trinajstić information content (AvgIpc) is 3.00. The second-order valence-electron chi connectivity index (χ2n) is 5.34. The predicted molar refractivity (Wildman–Crippen MR) is 66.0 cm³/mol. The number of methoxy groups -OCH3 is 1. The topological polar surface area (TPSA) is 52.6 Å². The summed E-state index contributed by atoms with van der Waals surface area (Å²) < 4.78 is 10.5. The molecule has 2 saturated heterocycles. The van der Waals surface area contributed by atoms with Crippen molar-refractivity contribution in [3.63, 3.8) is 0 Å². The van der Waals surface area contributed by atoms with Gasteiger partial charge in [-0.25, -0.2) is 0 Å². The van der Waals surface area contributed by atoms with Gasteiger partial charge in [0, 0.05) is 5.92 Å². The van der Waals surface area contributed by atoms with Crippen LogP contribution in [0, 0.1) is 11.8 Å². The van der Waals surface area contributed by atoms with Crippen LogP contribution in [0.25, 0.3) is 0 Å². The molecule has 0 aliphatic carbocycles. The number of esters is 1. The van der Waals surface area contributed by atoms with Gasteiger partial charge < -0.3 is 9.47 Å². The number of Topliss-reactive ketones (excluding diaryl/α,β-unsaturated/α-hetero) is 1. The van der Waals surface area contributed by atoms with E-state index in [1.165, 1.54) is 7.11 Å². The van der Waals surface area contributed by atoms with Gasteiger partial charge in [0.2, 0.25) is 0 Å². The Balaban J connectivity index is 2.01. The Hall–Kier alpha value is -0.900. The van der Waals surface area contributed by atoms with Crippen molar-refractivity contribution in [2.75, 3.05) is 7.11 Å². The molecule has 4 unspecified atom stereocenters. The first kappa shape index (κ1) is 13.5. The molecule has 2 rings (SSSR count). The number of unbranched alkanes of at least 4 members (excludes halogenated alkanes) is 1. The number of ether oxygens (including phenoxy) is 2. The monoisotopic (exact) mass is 254 g/mol. The Morgan fingerprint density at radius 3 is 2.67 bits per heavy atom. The fourth-order valence-electron chi connectivity index (χ4n) is 3.12. The van der Waals surface area contributed by atoms with E-state index in [0.717, 1.165) is 32.1 Å². The van der Waals surface area contributed by atoms with Crippen molar-refractivity contribution in [3.05, 3.63) is 0 Å². The molecule has 18 heavy (non-hydrogen) atoms. The van der Waals surface area contributed by atoms with Crippen molar-refractivity contribution >= 4 is 11.8 Å². The average molecular weight is 254 g/mol. The highest BCUT2D eigenvalue weighted by Crippen LogP contribution is 2.40. The maximum Gasteiger partial charge on any atom is 0.316 e. The Kier molecular flexibility index (Phi) is 4.38. The number of ketones is 1. The maximum atomic E-state index is 12.5. The van der Waals surface area contributed by atoms with Crippen LogP contribution in [-0.4, -0.2) is 31.1 Å². The largest absolute Gasteiger partial charge is 0.468 e. The van der Waals surface area contributed by atoms with E-state index in [9.17, 15) is 9.59 Å². The smallest absolute Gasteiger partial charge is 0.316 e. The third-order valence-corrected chi connectivity index (χ3v) is 4.15. The zero-order chi connectivity index (χ0) is 13.1. The SMILES string of the molecule is CCCCC(C(=O)OC)C(=O)C1CC2CCC1O2. The van der Waals surface area contributed by atoms with Gasteiger partial charge in [-0.05, 0) is 25.7 Å². The van der Waals surface area contributed by atoms with E-state index < -0.39 is 5.92 Å². The molecule has 4 atom stereocenters. The first-order valence-electron chi connectivity index (χ1n) is 6.94. The Morgan fingerprint density at radius 2 is 2.17 bits per heavy atom. The van der Waals surface area contributed by atoms with Crippen LogP contribution in [0.5, 0.6) is 0 Å². The highest BCUT2D eigenvalue weighted by atomic mass is 16.5. The summed E-state index contributed by atoms with van der Waals surface area (Å²) in [7, 11) is 1.35. The second-order valence-corrected chi connectivity index (χ2v) is 5.34. The van der Waals surface area contributed by atoms with Crippen LogP contribution in [0.1, 0.15) is 45.4 Å². The fourth-order valence-corrected chi connectivity index (χ4v) is 3.12. The number of hydrogen-bond acceptors (Lipinski definition) is 4. The van der Waals surface area contributed by atoms with Crippen LogP contribution in [0.4, 0.5) is 0 Å². The van der Waals surface area contributed by atoms with E-state index in [0.29, 0.717) is 6.42 Å². The first-order valence-corrected chi connectivity index (χ1v) is 6.94. The molecule has 102 valence electrons. The van der Waals surface area contributed by atoms with Crippen LogP contribution in [0.2, 0.25) is 0 Å². The minimum Gasteiger partial charge on any atom is -0.468 e. The van der Waals surface area contributed by atoms with Gasteiger partial charge in [-0.15, -0.1) is 0 Å². The lowest BCUT2D eigenvalue weighted by molar-refractivity contribution is -0.151. The van der Waals surface area contributed by atoms with Crippen molar-refractivity contribution in [1.82, 2.24) is 0 Å². The molecule has 2 aliphatic rings. The lowest BCUT2D eigenvalue weighted by atomic mass is 9.80. The third-order valence-electron chi connectivity index (χ3n) is 4.15. The van der Waals surface area contributed by atoms with Gasteiger partial charge >= 0.3 is 5.97 Å². The van der Waals surface area contributed by atoms with E-state index in [4.69, 9.17) is 9.47 Å². The molecule has 0 aromatic rings. The molecular formula is C14H22O4. The molecule has 0 saturated carbocycles. The maximum absolute atomic E-state index is 12.5. The van der Waals surface area contributed by atoms with Crippen molar-refractivity contribution < 1.29 is 19.1 Å². The van der Waals surface area contributed by atoms with Crippen molar-refractivity contribution in [3.8, 4) is 0 Å².